The maximum absolute atomic E-state index is 11.9. The van der Waals surface area contributed by atoms with Crippen LogP contribution >= 0.6 is 0 Å². The molecule has 1 aromatic carbocycles. The Hall–Kier alpha value is -2.30. The molecular weight excluding hydrogens is 230 g/mol. The average Bonchev–Trinajstić information content (AvgIpc) is 2.82. The van der Waals surface area contributed by atoms with Gasteiger partial charge in [0.25, 0.3) is 5.91 Å². The van der Waals surface area contributed by atoms with Crippen molar-refractivity contribution in [3.8, 4) is 0 Å². The highest BCUT2D eigenvalue weighted by Crippen LogP contribution is 2.19. The van der Waals surface area contributed by atoms with Crippen LogP contribution in [0.15, 0.2) is 28.8 Å². The molecule has 2 aromatic rings. The van der Waals surface area contributed by atoms with E-state index in [9.17, 15) is 4.79 Å². The van der Waals surface area contributed by atoms with Crippen LogP contribution in [-0.4, -0.2) is 11.1 Å². The summed E-state index contributed by atoms with van der Waals surface area (Å²) in [5.74, 6) is 0.386. The number of hydrogen-bond acceptors (Lipinski definition) is 4. The first kappa shape index (κ1) is 12.2. The fraction of sp³-hybridized carbons (Fsp3) is 0.231. The molecule has 0 radical (unpaired) electrons. The van der Waals surface area contributed by atoms with E-state index in [2.05, 4.69) is 10.5 Å². The Morgan fingerprint density at radius 2 is 2.22 bits per heavy atom. The highest BCUT2D eigenvalue weighted by Gasteiger charge is 2.13. The Labute approximate surface area is 105 Å². The number of rotatable bonds is 3. The first-order valence-corrected chi connectivity index (χ1v) is 5.73. The molecule has 1 amide bonds. The number of amides is 1. The van der Waals surface area contributed by atoms with Crippen LogP contribution in [-0.2, 0) is 6.42 Å². The summed E-state index contributed by atoms with van der Waals surface area (Å²) in [5.41, 5.74) is 8.18. The van der Waals surface area contributed by atoms with Gasteiger partial charge in [0.2, 0.25) is 0 Å². The van der Waals surface area contributed by atoms with Gasteiger partial charge in [0.1, 0.15) is 5.76 Å². The van der Waals surface area contributed by atoms with E-state index < -0.39 is 0 Å². The SMILES string of the molecule is CCc1cc(C(=O)Nc2cc(N)ccc2C)no1. The summed E-state index contributed by atoms with van der Waals surface area (Å²) in [4.78, 5) is 11.9. The van der Waals surface area contributed by atoms with E-state index in [-0.39, 0.29) is 11.6 Å². The van der Waals surface area contributed by atoms with Crippen LogP contribution in [0.3, 0.4) is 0 Å². The van der Waals surface area contributed by atoms with Crippen LogP contribution in [0.25, 0.3) is 0 Å². The minimum Gasteiger partial charge on any atom is -0.399 e. The molecule has 0 saturated carbocycles. The second-order valence-corrected chi connectivity index (χ2v) is 4.06. The van der Waals surface area contributed by atoms with Gasteiger partial charge in [-0.3, -0.25) is 4.79 Å². The number of nitrogen functional groups attached to an aromatic ring is 1. The number of carbonyl (C=O) groups is 1. The summed E-state index contributed by atoms with van der Waals surface area (Å²) < 4.78 is 4.99. The summed E-state index contributed by atoms with van der Waals surface area (Å²) in [5, 5.41) is 6.48. The highest BCUT2D eigenvalue weighted by atomic mass is 16.5. The number of nitrogens with one attached hydrogen (secondary N) is 1. The minimum absolute atomic E-state index is 0.272. The number of aryl methyl sites for hydroxylation is 2. The summed E-state index contributed by atoms with van der Waals surface area (Å²) >= 11 is 0. The standard InChI is InChI=1S/C13H15N3O2/c1-3-10-7-12(16-18-10)13(17)15-11-6-9(14)5-4-8(11)2/h4-7H,3,14H2,1-2H3,(H,15,17). The first-order valence-electron chi connectivity index (χ1n) is 5.73. The van der Waals surface area contributed by atoms with Gasteiger partial charge in [0, 0.05) is 23.9 Å². The third kappa shape index (κ3) is 2.51. The summed E-state index contributed by atoms with van der Waals surface area (Å²) in [6.45, 7) is 3.83. The molecule has 0 aliphatic heterocycles. The molecule has 0 unspecified atom stereocenters. The molecule has 5 nitrogen and oxygen atoms in total. The van der Waals surface area contributed by atoms with Crippen molar-refractivity contribution in [1.82, 2.24) is 5.16 Å². The quantitative estimate of drug-likeness (QED) is 0.813. The number of anilines is 2. The number of hydrogen-bond donors (Lipinski definition) is 2. The van der Waals surface area contributed by atoms with Crippen molar-refractivity contribution >= 4 is 17.3 Å². The molecule has 0 atom stereocenters. The normalized spacial score (nSPS) is 10.3. The third-order valence-electron chi connectivity index (χ3n) is 2.65. The molecule has 0 fully saturated rings. The number of nitrogens with zero attached hydrogens (tertiary/aromatic N) is 1. The van der Waals surface area contributed by atoms with Gasteiger partial charge in [-0.05, 0) is 24.6 Å². The van der Waals surface area contributed by atoms with Crippen molar-refractivity contribution in [2.45, 2.75) is 20.3 Å². The van der Waals surface area contributed by atoms with Crippen molar-refractivity contribution in [3.05, 3.63) is 41.3 Å². The minimum atomic E-state index is -0.299. The maximum atomic E-state index is 11.9. The second-order valence-electron chi connectivity index (χ2n) is 4.06. The molecule has 0 aliphatic carbocycles. The largest absolute Gasteiger partial charge is 0.399 e. The monoisotopic (exact) mass is 245 g/mol. The molecule has 0 bridgehead atoms. The Balaban J connectivity index is 2.18. The van der Waals surface area contributed by atoms with Crippen molar-refractivity contribution in [2.75, 3.05) is 11.1 Å². The number of carbonyl (C=O) groups excluding carboxylic acids is 1. The van der Waals surface area contributed by atoms with Gasteiger partial charge in [-0.1, -0.05) is 18.1 Å². The van der Waals surface area contributed by atoms with E-state index in [1.54, 1.807) is 18.2 Å². The van der Waals surface area contributed by atoms with E-state index in [0.29, 0.717) is 23.6 Å². The van der Waals surface area contributed by atoms with Gasteiger partial charge in [0.05, 0.1) is 0 Å². The average molecular weight is 245 g/mol. The molecule has 18 heavy (non-hydrogen) atoms. The molecule has 5 heteroatoms. The van der Waals surface area contributed by atoms with Crippen molar-refractivity contribution < 1.29 is 9.32 Å². The van der Waals surface area contributed by atoms with Gasteiger partial charge in [-0.15, -0.1) is 0 Å². The van der Waals surface area contributed by atoms with Crippen LogP contribution in [0.5, 0.6) is 0 Å². The fourth-order valence-electron chi connectivity index (χ4n) is 1.55. The molecule has 0 saturated heterocycles. The lowest BCUT2D eigenvalue weighted by atomic mass is 10.2. The van der Waals surface area contributed by atoms with Crippen LogP contribution < -0.4 is 11.1 Å². The van der Waals surface area contributed by atoms with Crippen molar-refractivity contribution in [3.63, 3.8) is 0 Å². The van der Waals surface area contributed by atoms with E-state index in [0.717, 1.165) is 5.56 Å². The molecule has 3 N–H and O–H groups in total. The topological polar surface area (TPSA) is 81.2 Å². The molecule has 0 aliphatic rings. The second kappa shape index (κ2) is 4.91. The summed E-state index contributed by atoms with van der Waals surface area (Å²) in [6, 6.07) is 6.99. The fourth-order valence-corrected chi connectivity index (χ4v) is 1.55. The summed E-state index contributed by atoms with van der Waals surface area (Å²) in [6.07, 6.45) is 0.706. The van der Waals surface area contributed by atoms with Crippen LogP contribution in [0.2, 0.25) is 0 Å². The van der Waals surface area contributed by atoms with E-state index in [4.69, 9.17) is 10.3 Å². The Kier molecular flexibility index (Phi) is 3.32. The highest BCUT2D eigenvalue weighted by molar-refractivity contribution is 6.03. The number of aromatic nitrogens is 1. The molecule has 1 heterocycles. The van der Waals surface area contributed by atoms with Gasteiger partial charge in [-0.25, -0.2) is 0 Å². The Morgan fingerprint density at radius 3 is 2.89 bits per heavy atom. The predicted molar refractivity (Wildman–Crippen MR) is 69.4 cm³/mol. The smallest absolute Gasteiger partial charge is 0.277 e. The molecule has 2 rings (SSSR count). The zero-order chi connectivity index (χ0) is 13.1. The van der Waals surface area contributed by atoms with E-state index in [1.165, 1.54) is 0 Å². The van der Waals surface area contributed by atoms with Crippen LogP contribution in [0.4, 0.5) is 11.4 Å². The van der Waals surface area contributed by atoms with Gasteiger partial charge in [0.15, 0.2) is 5.69 Å². The van der Waals surface area contributed by atoms with Gasteiger partial charge in [-0.2, -0.15) is 0 Å². The lowest BCUT2D eigenvalue weighted by Crippen LogP contribution is -2.13. The number of benzene rings is 1. The maximum Gasteiger partial charge on any atom is 0.277 e. The zero-order valence-corrected chi connectivity index (χ0v) is 10.4. The molecule has 1 aromatic heterocycles. The zero-order valence-electron chi connectivity index (χ0n) is 10.4. The van der Waals surface area contributed by atoms with E-state index >= 15 is 0 Å². The van der Waals surface area contributed by atoms with Crippen LogP contribution in [0.1, 0.15) is 28.7 Å². The molecule has 0 spiro atoms. The summed E-state index contributed by atoms with van der Waals surface area (Å²) in [7, 11) is 0. The molecular formula is C13H15N3O2. The van der Waals surface area contributed by atoms with Crippen molar-refractivity contribution in [1.29, 1.82) is 0 Å². The van der Waals surface area contributed by atoms with Crippen molar-refractivity contribution in [2.24, 2.45) is 0 Å². The Bertz CT molecular complexity index is 575. The first-order chi connectivity index (χ1) is 8.60. The van der Waals surface area contributed by atoms with E-state index in [1.807, 2.05) is 19.9 Å². The predicted octanol–water partition coefficient (Wildman–Crippen LogP) is 2.38. The third-order valence-corrected chi connectivity index (χ3v) is 2.65. The van der Waals surface area contributed by atoms with Crippen LogP contribution in [0, 0.1) is 6.92 Å². The Morgan fingerprint density at radius 1 is 1.44 bits per heavy atom. The number of nitrogens with two attached hydrogens (primary N) is 1. The molecule has 94 valence electrons. The van der Waals surface area contributed by atoms with Gasteiger partial charge < -0.3 is 15.6 Å². The lowest BCUT2D eigenvalue weighted by Gasteiger charge is -2.07. The lowest BCUT2D eigenvalue weighted by molar-refractivity contribution is 0.101. The van der Waals surface area contributed by atoms with Gasteiger partial charge >= 0.3 is 0 Å².